The van der Waals surface area contributed by atoms with Gasteiger partial charge < -0.3 is 15.1 Å². The van der Waals surface area contributed by atoms with Crippen molar-refractivity contribution in [2.45, 2.75) is 32.7 Å². The molecule has 8 nitrogen and oxygen atoms in total. The van der Waals surface area contributed by atoms with Gasteiger partial charge in [0.1, 0.15) is 0 Å². The second-order valence-electron chi connectivity index (χ2n) is 6.34. The first-order valence-corrected chi connectivity index (χ1v) is 9.68. The molecular weight excluding hydrogens is 354 g/mol. The van der Waals surface area contributed by atoms with Crippen molar-refractivity contribution in [1.29, 1.82) is 0 Å². The Kier molecular flexibility index (Phi) is 5.55. The molecule has 1 saturated heterocycles. The van der Waals surface area contributed by atoms with Crippen LogP contribution in [0.4, 0.5) is 15.6 Å². The van der Waals surface area contributed by atoms with Crippen LogP contribution >= 0.6 is 11.3 Å². The molecule has 26 heavy (non-hydrogen) atoms. The molecule has 0 radical (unpaired) electrons. The molecule has 2 heterocycles. The number of amides is 2. The quantitative estimate of drug-likeness (QED) is 0.638. The molecule has 0 aliphatic carbocycles. The maximum absolute atomic E-state index is 12.3. The molecule has 1 aromatic heterocycles. The summed E-state index contributed by atoms with van der Waals surface area (Å²) in [4.78, 5) is 31.4. The maximum Gasteiger partial charge on any atom is 0.317 e. The summed E-state index contributed by atoms with van der Waals surface area (Å²) in [5, 5.41) is 14.8. The summed E-state index contributed by atoms with van der Waals surface area (Å²) in [6.45, 7) is 6.84. The minimum atomic E-state index is -0.393. The van der Waals surface area contributed by atoms with Gasteiger partial charge in [-0.05, 0) is 18.9 Å². The number of carbonyl (C=O) groups excluding carboxylic acids is 1. The molecule has 140 valence electrons. The van der Waals surface area contributed by atoms with Gasteiger partial charge in [-0.15, -0.1) is 0 Å². The minimum absolute atomic E-state index is 0.00160. The van der Waals surface area contributed by atoms with Crippen LogP contribution in [-0.2, 0) is 0 Å². The van der Waals surface area contributed by atoms with Crippen LogP contribution in [0.1, 0.15) is 26.7 Å². The maximum atomic E-state index is 12.3. The normalized spacial score (nSPS) is 14.9. The van der Waals surface area contributed by atoms with Crippen LogP contribution in [-0.4, -0.2) is 53.1 Å². The third-order valence-corrected chi connectivity index (χ3v) is 5.80. The number of nitro groups is 1. The number of rotatable bonds is 5. The minimum Gasteiger partial charge on any atom is -0.345 e. The van der Waals surface area contributed by atoms with Crippen molar-refractivity contribution in [3.8, 4) is 0 Å². The number of thiazole rings is 1. The summed E-state index contributed by atoms with van der Waals surface area (Å²) in [5.74, 6) is 0. The molecule has 2 aromatic rings. The summed E-state index contributed by atoms with van der Waals surface area (Å²) in [7, 11) is 0. The molecule has 0 bridgehead atoms. The number of non-ortho nitro benzene ring substituents is 1. The zero-order valence-corrected chi connectivity index (χ0v) is 15.8. The predicted octanol–water partition coefficient (Wildman–Crippen LogP) is 3.22. The first kappa shape index (κ1) is 18.4. The molecular formula is C17H23N5O3S. The van der Waals surface area contributed by atoms with Gasteiger partial charge in [0.05, 0.1) is 15.1 Å². The van der Waals surface area contributed by atoms with Crippen molar-refractivity contribution in [3.05, 3.63) is 28.3 Å². The van der Waals surface area contributed by atoms with Crippen LogP contribution < -0.4 is 10.2 Å². The van der Waals surface area contributed by atoms with E-state index in [2.05, 4.69) is 29.0 Å². The van der Waals surface area contributed by atoms with Gasteiger partial charge in [0, 0.05) is 44.4 Å². The summed E-state index contributed by atoms with van der Waals surface area (Å²) in [6, 6.07) is 4.95. The first-order chi connectivity index (χ1) is 12.5. The molecule has 9 heteroatoms. The summed E-state index contributed by atoms with van der Waals surface area (Å²) in [6.07, 6.45) is 1.86. The van der Waals surface area contributed by atoms with Crippen LogP contribution in [0.3, 0.4) is 0 Å². The van der Waals surface area contributed by atoms with Crippen molar-refractivity contribution >= 4 is 38.4 Å². The Hall–Kier alpha value is -2.42. The third kappa shape index (κ3) is 3.87. The van der Waals surface area contributed by atoms with E-state index in [4.69, 9.17) is 0 Å². The lowest BCUT2D eigenvalue weighted by atomic mass is 10.2. The van der Waals surface area contributed by atoms with Gasteiger partial charge >= 0.3 is 6.03 Å². The Bertz CT molecular complexity index is 797. The molecule has 0 spiro atoms. The van der Waals surface area contributed by atoms with Crippen molar-refractivity contribution in [2.24, 2.45) is 0 Å². The Morgan fingerprint density at radius 1 is 1.31 bits per heavy atom. The number of piperazine rings is 1. The highest BCUT2D eigenvalue weighted by molar-refractivity contribution is 7.22. The van der Waals surface area contributed by atoms with Gasteiger partial charge in [0.25, 0.3) is 5.69 Å². The van der Waals surface area contributed by atoms with Gasteiger partial charge in [-0.3, -0.25) is 10.1 Å². The summed E-state index contributed by atoms with van der Waals surface area (Å²) < 4.78 is 0.808. The number of aromatic nitrogens is 1. The molecule has 1 aromatic carbocycles. The fourth-order valence-corrected chi connectivity index (χ4v) is 4.06. The number of nitrogens with one attached hydrogen (secondary N) is 1. The Morgan fingerprint density at radius 3 is 2.62 bits per heavy atom. The molecule has 1 aliphatic rings. The van der Waals surface area contributed by atoms with Crippen molar-refractivity contribution < 1.29 is 9.72 Å². The molecule has 1 aliphatic heterocycles. The van der Waals surface area contributed by atoms with Crippen molar-refractivity contribution in [2.75, 3.05) is 31.1 Å². The van der Waals surface area contributed by atoms with Gasteiger partial charge in [-0.2, -0.15) is 0 Å². The monoisotopic (exact) mass is 377 g/mol. The zero-order valence-electron chi connectivity index (χ0n) is 15.0. The Balaban J connectivity index is 1.63. The SMILES string of the molecule is CCC(CC)NC(=O)N1CCN(c2nc3ccc([N+](=O)[O-])cc3s2)CC1. The molecule has 1 N–H and O–H groups in total. The average molecular weight is 377 g/mol. The first-order valence-electron chi connectivity index (χ1n) is 8.87. The van der Waals surface area contributed by atoms with E-state index in [1.54, 1.807) is 12.1 Å². The lowest BCUT2D eigenvalue weighted by Gasteiger charge is -2.35. The van der Waals surface area contributed by atoms with E-state index in [1.165, 1.54) is 17.4 Å². The van der Waals surface area contributed by atoms with Crippen LogP contribution in [0.2, 0.25) is 0 Å². The van der Waals surface area contributed by atoms with Crippen molar-refractivity contribution in [3.63, 3.8) is 0 Å². The Labute approximate surface area is 156 Å². The smallest absolute Gasteiger partial charge is 0.317 e. The number of fused-ring (bicyclic) bond motifs is 1. The number of carbonyl (C=O) groups is 1. The highest BCUT2D eigenvalue weighted by Gasteiger charge is 2.24. The van der Waals surface area contributed by atoms with Crippen LogP contribution in [0, 0.1) is 10.1 Å². The number of nitrogens with zero attached hydrogens (tertiary/aromatic N) is 4. The number of benzene rings is 1. The molecule has 0 saturated carbocycles. The zero-order chi connectivity index (χ0) is 18.7. The van der Waals surface area contributed by atoms with Gasteiger partial charge in [0.15, 0.2) is 5.13 Å². The molecule has 0 unspecified atom stereocenters. The number of anilines is 1. The second kappa shape index (κ2) is 7.86. The van der Waals surface area contributed by atoms with Crippen LogP contribution in [0.5, 0.6) is 0 Å². The van der Waals surface area contributed by atoms with E-state index in [-0.39, 0.29) is 17.8 Å². The van der Waals surface area contributed by atoms with Gasteiger partial charge in [-0.1, -0.05) is 25.2 Å². The van der Waals surface area contributed by atoms with Crippen molar-refractivity contribution in [1.82, 2.24) is 15.2 Å². The molecule has 1 fully saturated rings. The number of urea groups is 1. The number of nitro benzene ring substituents is 1. The second-order valence-corrected chi connectivity index (χ2v) is 7.35. The number of hydrogen-bond acceptors (Lipinski definition) is 6. The lowest BCUT2D eigenvalue weighted by Crippen LogP contribution is -2.53. The summed E-state index contributed by atoms with van der Waals surface area (Å²) in [5.41, 5.74) is 0.847. The molecule has 0 atom stereocenters. The largest absolute Gasteiger partial charge is 0.345 e. The van der Waals surface area contributed by atoms with Crippen LogP contribution in [0.25, 0.3) is 10.2 Å². The predicted molar refractivity (Wildman–Crippen MR) is 103 cm³/mol. The average Bonchev–Trinajstić information content (AvgIpc) is 3.09. The lowest BCUT2D eigenvalue weighted by molar-refractivity contribution is -0.384. The highest BCUT2D eigenvalue weighted by atomic mass is 32.1. The third-order valence-electron chi connectivity index (χ3n) is 4.72. The van der Waals surface area contributed by atoms with Gasteiger partial charge in [0.2, 0.25) is 0 Å². The van der Waals surface area contributed by atoms with E-state index < -0.39 is 4.92 Å². The summed E-state index contributed by atoms with van der Waals surface area (Å²) >= 11 is 1.45. The molecule has 3 rings (SSSR count). The van der Waals surface area contributed by atoms with E-state index in [0.29, 0.717) is 26.2 Å². The Morgan fingerprint density at radius 2 is 2.00 bits per heavy atom. The molecule has 2 amide bonds. The standard InChI is InChI=1S/C17H23N5O3S/c1-3-12(4-2)18-16(23)20-7-9-21(10-8-20)17-19-14-6-5-13(22(24)25)11-15(14)26-17/h5-6,11-12H,3-4,7-10H2,1-2H3,(H,18,23). The van der Waals surface area contributed by atoms with Crippen LogP contribution in [0.15, 0.2) is 18.2 Å². The topological polar surface area (TPSA) is 91.6 Å². The number of hydrogen-bond donors (Lipinski definition) is 1. The van der Waals surface area contributed by atoms with Gasteiger partial charge in [-0.25, -0.2) is 9.78 Å². The highest BCUT2D eigenvalue weighted by Crippen LogP contribution is 2.31. The van der Waals surface area contributed by atoms with E-state index in [9.17, 15) is 14.9 Å². The fraction of sp³-hybridized carbons (Fsp3) is 0.529. The van der Waals surface area contributed by atoms with E-state index >= 15 is 0 Å². The van der Waals surface area contributed by atoms with E-state index in [1.807, 2.05) is 4.90 Å². The fourth-order valence-electron chi connectivity index (χ4n) is 3.01. The van der Waals surface area contributed by atoms with E-state index in [0.717, 1.165) is 28.2 Å².